The fourth-order valence-corrected chi connectivity index (χ4v) is 5.27. The Hall–Kier alpha value is -2.38. The fraction of sp³-hybridized carbons (Fsp3) is 0.350. The van der Waals surface area contributed by atoms with E-state index in [9.17, 15) is 9.59 Å². The van der Waals surface area contributed by atoms with E-state index in [1.807, 2.05) is 37.5 Å². The minimum Gasteiger partial charge on any atom is -0.423 e. The Morgan fingerprint density at radius 3 is 2.89 bits per heavy atom. The maximum Gasteiger partial charge on any atom is 0.529 e. The Bertz CT molecular complexity index is 985. The summed E-state index contributed by atoms with van der Waals surface area (Å²) in [6.45, 7) is 5.81. The lowest BCUT2D eigenvalue weighted by molar-refractivity contribution is -0.110. The lowest BCUT2D eigenvalue weighted by Gasteiger charge is -2.43. The number of hydrogen-bond acceptors (Lipinski definition) is 5. The van der Waals surface area contributed by atoms with Crippen molar-refractivity contribution in [2.24, 2.45) is 0 Å². The maximum absolute atomic E-state index is 13.3. The van der Waals surface area contributed by atoms with Gasteiger partial charge in [-0.2, -0.15) is 9.78 Å². The summed E-state index contributed by atoms with van der Waals surface area (Å²) in [5.74, 6) is 0.574. The Morgan fingerprint density at radius 1 is 1.41 bits per heavy atom. The molecule has 1 aliphatic carbocycles. The number of quaternary nitrogens is 1. The van der Waals surface area contributed by atoms with Crippen LogP contribution in [0.2, 0.25) is 0 Å². The van der Waals surface area contributed by atoms with Crippen LogP contribution in [0.15, 0.2) is 52.9 Å². The topological polar surface area (TPSA) is 61.2 Å². The molecule has 0 aromatic carbocycles. The lowest BCUT2D eigenvalue weighted by Crippen LogP contribution is -2.66. The van der Waals surface area contributed by atoms with E-state index < -0.39 is 5.54 Å². The molecular formula is C20H22N3O3S+. The minimum atomic E-state index is -0.654. The maximum atomic E-state index is 13.3. The summed E-state index contributed by atoms with van der Waals surface area (Å²) in [5, 5.41) is 0.798. The molecule has 0 fully saturated rings. The first kappa shape index (κ1) is 18.0. The zero-order valence-electron chi connectivity index (χ0n) is 15.9. The molecule has 0 saturated heterocycles. The van der Waals surface area contributed by atoms with Crippen LogP contribution in [-0.2, 0) is 9.53 Å². The number of carbonyl (C=O) groups excluding carboxylic acids is 2. The summed E-state index contributed by atoms with van der Waals surface area (Å²) in [5.41, 5.74) is 2.22. The normalized spacial score (nSPS) is 27.8. The van der Waals surface area contributed by atoms with Gasteiger partial charge in [-0.15, -0.1) is 4.48 Å². The summed E-state index contributed by atoms with van der Waals surface area (Å²) < 4.78 is 7.16. The van der Waals surface area contributed by atoms with Gasteiger partial charge in [-0.1, -0.05) is 25.2 Å². The number of imidazole rings is 1. The van der Waals surface area contributed by atoms with Crippen molar-refractivity contribution >= 4 is 34.6 Å². The van der Waals surface area contributed by atoms with Gasteiger partial charge >= 0.3 is 12.0 Å². The molecule has 3 heterocycles. The number of fused-ring (bicyclic) bond motifs is 3. The SMILES string of the molecule is CCC(=O)Sc1cnc2n1C1=C(C)C=CCC13C=CC=C(C)[N+]23C(=O)OC. The molecule has 140 valence electrons. The Kier molecular flexibility index (Phi) is 4.05. The molecule has 0 bridgehead atoms. The van der Waals surface area contributed by atoms with Crippen molar-refractivity contribution in [2.45, 2.75) is 44.2 Å². The molecule has 1 aromatic heterocycles. The first-order valence-corrected chi connectivity index (χ1v) is 9.77. The van der Waals surface area contributed by atoms with Gasteiger partial charge in [0, 0.05) is 19.8 Å². The Morgan fingerprint density at radius 2 is 2.19 bits per heavy atom. The molecule has 7 heteroatoms. The zero-order valence-corrected chi connectivity index (χ0v) is 16.7. The predicted molar refractivity (Wildman–Crippen MR) is 106 cm³/mol. The third-order valence-corrected chi connectivity index (χ3v) is 6.62. The van der Waals surface area contributed by atoms with Gasteiger partial charge in [0.05, 0.1) is 19.0 Å². The monoisotopic (exact) mass is 384 g/mol. The molecule has 2 aliphatic heterocycles. The summed E-state index contributed by atoms with van der Waals surface area (Å²) in [6, 6.07) is 0. The van der Waals surface area contributed by atoms with Gasteiger partial charge in [0.2, 0.25) is 0 Å². The average molecular weight is 384 g/mol. The van der Waals surface area contributed by atoms with Gasteiger partial charge in [0.15, 0.2) is 10.7 Å². The number of carbonyl (C=O) groups is 2. The molecule has 27 heavy (non-hydrogen) atoms. The quantitative estimate of drug-likeness (QED) is 0.559. The molecular weight excluding hydrogens is 362 g/mol. The lowest BCUT2D eigenvalue weighted by atomic mass is 9.80. The first-order chi connectivity index (χ1) is 12.9. The largest absolute Gasteiger partial charge is 0.529 e. The number of amides is 1. The minimum absolute atomic E-state index is 0.0636. The first-order valence-electron chi connectivity index (χ1n) is 8.95. The number of hydrogen-bond donors (Lipinski definition) is 0. The van der Waals surface area contributed by atoms with Gasteiger partial charge in [0.1, 0.15) is 10.7 Å². The van der Waals surface area contributed by atoms with E-state index in [1.54, 1.807) is 6.20 Å². The molecule has 2 unspecified atom stereocenters. The molecule has 6 nitrogen and oxygen atoms in total. The highest BCUT2D eigenvalue weighted by Crippen LogP contribution is 2.58. The summed E-state index contributed by atoms with van der Waals surface area (Å²) in [7, 11) is 1.41. The molecule has 0 radical (unpaired) electrons. The van der Waals surface area contributed by atoms with E-state index in [0.717, 1.165) is 22.0 Å². The van der Waals surface area contributed by atoms with E-state index >= 15 is 0 Å². The molecule has 2 atom stereocenters. The fourth-order valence-electron chi connectivity index (χ4n) is 4.53. The van der Waals surface area contributed by atoms with Crippen molar-refractivity contribution < 1.29 is 14.3 Å². The number of rotatable bonds is 2. The molecule has 1 spiro atoms. The standard InChI is InChI=1S/C20H22N3O3S/c1-5-16(24)27-15-12-21-18-22(15)17-13(2)8-6-10-20(17)11-7-9-14(3)23(18,20)19(25)26-4/h6-9,11-12H,5,10H2,1-4H3/q+1. The number of allylic oxidation sites excluding steroid dienone is 5. The Labute approximate surface area is 162 Å². The number of nitrogens with zero attached hydrogens (tertiary/aromatic N) is 3. The van der Waals surface area contributed by atoms with Crippen molar-refractivity contribution in [1.29, 1.82) is 0 Å². The van der Waals surface area contributed by atoms with Crippen LogP contribution >= 0.6 is 11.8 Å². The van der Waals surface area contributed by atoms with Crippen LogP contribution in [0.4, 0.5) is 10.7 Å². The van der Waals surface area contributed by atoms with Crippen LogP contribution in [0, 0.1) is 0 Å². The Balaban J connectivity index is 2.09. The highest BCUT2D eigenvalue weighted by molar-refractivity contribution is 8.13. The molecule has 0 N–H and O–H groups in total. The van der Waals surface area contributed by atoms with Crippen molar-refractivity contribution in [3.05, 3.63) is 47.8 Å². The van der Waals surface area contributed by atoms with Crippen LogP contribution in [0.1, 0.15) is 33.6 Å². The highest BCUT2D eigenvalue weighted by Gasteiger charge is 2.70. The number of ether oxygens (including phenoxy) is 1. The van der Waals surface area contributed by atoms with Gasteiger partial charge in [-0.25, -0.2) is 4.57 Å². The molecule has 0 saturated carbocycles. The van der Waals surface area contributed by atoms with Crippen LogP contribution in [0.3, 0.4) is 0 Å². The van der Waals surface area contributed by atoms with Crippen LogP contribution in [0.25, 0.3) is 5.70 Å². The van der Waals surface area contributed by atoms with Gasteiger partial charge in [0.25, 0.3) is 0 Å². The third kappa shape index (κ3) is 2.04. The molecule has 1 aromatic rings. The van der Waals surface area contributed by atoms with E-state index in [2.05, 4.69) is 23.2 Å². The average Bonchev–Trinajstić information content (AvgIpc) is 3.16. The number of methoxy groups -OCH3 is 1. The van der Waals surface area contributed by atoms with E-state index in [-0.39, 0.29) is 15.7 Å². The number of thioether (sulfide) groups is 1. The second-order valence-corrected chi connectivity index (χ2v) is 8.01. The smallest absolute Gasteiger partial charge is 0.423 e. The molecule has 1 amide bonds. The second-order valence-electron chi connectivity index (χ2n) is 6.93. The van der Waals surface area contributed by atoms with Crippen LogP contribution in [-0.4, -0.2) is 33.4 Å². The molecule has 3 aliphatic rings. The van der Waals surface area contributed by atoms with Crippen molar-refractivity contribution in [3.63, 3.8) is 0 Å². The van der Waals surface area contributed by atoms with E-state index in [1.165, 1.54) is 18.9 Å². The molecule has 4 rings (SSSR count). The zero-order chi connectivity index (χ0) is 19.4. The highest BCUT2D eigenvalue weighted by atomic mass is 32.2. The summed E-state index contributed by atoms with van der Waals surface area (Å²) in [6.07, 6.45) is 12.5. The predicted octanol–water partition coefficient (Wildman–Crippen LogP) is 4.40. The second kappa shape index (κ2) is 6.07. The van der Waals surface area contributed by atoms with Crippen molar-refractivity contribution in [3.8, 4) is 0 Å². The van der Waals surface area contributed by atoms with E-state index in [4.69, 9.17) is 4.74 Å². The number of aromatic nitrogens is 2. The van der Waals surface area contributed by atoms with Gasteiger partial charge in [-0.3, -0.25) is 4.79 Å². The summed E-state index contributed by atoms with van der Waals surface area (Å²) >= 11 is 1.17. The summed E-state index contributed by atoms with van der Waals surface area (Å²) in [4.78, 5) is 30.1. The third-order valence-electron chi connectivity index (χ3n) is 5.61. The van der Waals surface area contributed by atoms with E-state index in [0.29, 0.717) is 18.8 Å². The van der Waals surface area contributed by atoms with Crippen LogP contribution in [0.5, 0.6) is 0 Å². The van der Waals surface area contributed by atoms with Gasteiger partial charge in [-0.05, 0) is 36.4 Å². The van der Waals surface area contributed by atoms with Crippen molar-refractivity contribution in [2.75, 3.05) is 7.11 Å². The van der Waals surface area contributed by atoms with Gasteiger partial charge < -0.3 is 4.74 Å². The van der Waals surface area contributed by atoms with Crippen LogP contribution < -0.4 is 4.48 Å². The van der Waals surface area contributed by atoms with Crippen molar-refractivity contribution in [1.82, 2.24) is 14.0 Å².